The van der Waals surface area contributed by atoms with Crippen LogP contribution in [0.2, 0.25) is 0 Å². The third-order valence-corrected chi connectivity index (χ3v) is 8.64. The van der Waals surface area contributed by atoms with E-state index in [0.29, 0.717) is 23.1 Å². The molecule has 1 aliphatic carbocycles. The standard InChI is InChI=1S/C28H37F2N5O2/c1-18-15-35(17-27(18,2)24-14-25(37-33-24)28(3,29)30)13-12-19-8-10-20(11-9-19)31-26(36)21-6-5-7-23-22(21)16-34(4)32-23/h5-7,14,16,18-20H,8-13,15,17H2,1-4H3,(H,31,36)/t18-,19-,20-,27-/m0/s1. The number of hydrogen-bond acceptors (Lipinski definition) is 5. The number of carbonyl (C=O) groups is 1. The van der Waals surface area contributed by atoms with Crippen LogP contribution in [0.15, 0.2) is 35.0 Å². The number of benzene rings is 1. The van der Waals surface area contributed by atoms with Crippen LogP contribution in [0.1, 0.15) is 74.7 Å². The molecule has 0 bridgehead atoms. The zero-order chi connectivity index (χ0) is 26.4. The van der Waals surface area contributed by atoms with Gasteiger partial charge in [0.15, 0.2) is 0 Å². The first-order valence-electron chi connectivity index (χ1n) is 13.3. The highest BCUT2D eigenvalue weighted by atomic mass is 19.3. The van der Waals surface area contributed by atoms with E-state index in [0.717, 1.165) is 69.6 Å². The Hall–Kier alpha value is -2.81. The van der Waals surface area contributed by atoms with Crippen LogP contribution < -0.4 is 5.32 Å². The zero-order valence-electron chi connectivity index (χ0n) is 22.1. The smallest absolute Gasteiger partial charge is 0.304 e. The minimum Gasteiger partial charge on any atom is -0.355 e. The van der Waals surface area contributed by atoms with Gasteiger partial charge >= 0.3 is 5.92 Å². The number of halogens is 2. The number of carbonyl (C=O) groups excluding carboxylic acids is 1. The molecule has 9 heteroatoms. The molecule has 2 fully saturated rings. The van der Waals surface area contributed by atoms with Crippen molar-refractivity contribution in [3.05, 3.63) is 47.5 Å². The van der Waals surface area contributed by atoms with E-state index < -0.39 is 5.92 Å². The molecular formula is C28H37F2N5O2. The van der Waals surface area contributed by atoms with Crippen LogP contribution >= 0.6 is 0 Å². The number of hydrogen-bond donors (Lipinski definition) is 1. The minimum absolute atomic E-state index is 0.0239. The van der Waals surface area contributed by atoms with Gasteiger partial charge in [-0.25, -0.2) is 0 Å². The van der Waals surface area contributed by atoms with Crippen LogP contribution in [0.3, 0.4) is 0 Å². The van der Waals surface area contributed by atoms with Gasteiger partial charge in [-0.3, -0.25) is 9.48 Å². The molecule has 3 aromatic rings. The molecule has 5 rings (SSSR count). The number of aromatic nitrogens is 3. The average molecular weight is 514 g/mol. The number of rotatable bonds is 7. The van der Waals surface area contributed by atoms with Gasteiger partial charge in [-0.1, -0.05) is 25.1 Å². The highest BCUT2D eigenvalue weighted by molar-refractivity contribution is 6.06. The highest BCUT2D eigenvalue weighted by Gasteiger charge is 2.45. The van der Waals surface area contributed by atoms with Crippen LogP contribution in [0, 0.1) is 11.8 Å². The predicted molar refractivity (Wildman–Crippen MR) is 138 cm³/mol. The van der Waals surface area contributed by atoms with Crippen LogP contribution in [0.25, 0.3) is 10.9 Å². The average Bonchev–Trinajstić information content (AvgIpc) is 3.55. The molecule has 3 heterocycles. The number of alkyl halides is 2. The summed E-state index contributed by atoms with van der Waals surface area (Å²) in [6.07, 6.45) is 7.17. The van der Waals surface area contributed by atoms with Crippen molar-refractivity contribution in [2.45, 2.75) is 70.3 Å². The Balaban J connectivity index is 1.10. The maximum absolute atomic E-state index is 13.7. The monoisotopic (exact) mass is 513 g/mol. The first-order valence-corrected chi connectivity index (χ1v) is 13.3. The largest absolute Gasteiger partial charge is 0.355 e. The van der Waals surface area contributed by atoms with E-state index in [1.807, 2.05) is 31.4 Å². The highest BCUT2D eigenvalue weighted by Crippen LogP contribution is 2.40. The Morgan fingerprint density at radius 1 is 1.27 bits per heavy atom. The second kappa shape index (κ2) is 9.82. The molecule has 37 heavy (non-hydrogen) atoms. The minimum atomic E-state index is -3.02. The van der Waals surface area contributed by atoms with Crippen LogP contribution in [0.4, 0.5) is 8.78 Å². The molecule has 0 radical (unpaired) electrons. The van der Waals surface area contributed by atoms with Gasteiger partial charge in [-0.15, -0.1) is 0 Å². The van der Waals surface area contributed by atoms with Gasteiger partial charge in [0.05, 0.1) is 16.8 Å². The van der Waals surface area contributed by atoms with Gasteiger partial charge < -0.3 is 14.7 Å². The van der Waals surface area contributed by atoms with Crippen molar-refractivity contribution < 1.29 is 18.1 Å². The van der Waals surface area contributed by atoms with E-state index in [1.165, 1.54) is 6.07 Å². The Bertz CT molecular complexity index is 1260. The van der Waals surface area contributed by atoms with E-state index in [2.05, 4.69) is 34.3 Å². The van der Waals surface area contributed by atoms with Gasteiger partial charge in [-0.05, 0) is 62.6 Å². The van der Waals surface area contributed by atoms with Crippen molar-refractivity contribution in [2.75, 3.05) is 19.6 Å². The van der Waals surface area contributed by atoms with Gasteiger partial charge in [-0.2, -0.15) is 13.9 Å². The van der Waals surface area contributed by atoms with E-state index in [1.54, 1.807) is 4.68 Å². The van der Waals surface area contributed by atoms with Crippen molar-refractivity contribution in [1.29, 1.82) is 0 Å². The number of fused-ring (bicyclic) bond motifs is 1. The van der Waals surface area contributed by atoms with Gasteiger partial charge in [0.2, 0.25) is 5.76 Å². The molecule has 2 aromatic heterocycles. The number of nitrogens with zero attached hydrogens (tertiary/aromatic N) is 4. The summed E-state index contributed by atoms with van der Waals surface area (Å²) in [5, 5.41) is 12.6. The Morgan fingerprint density at radius 2 is 2.03 bits per heavy atom. The third kappa shape index (κ3) is 5.28. The number of aryl methyl sites for hydroxylation is 1. The van der Waals surface area contributed by atoms with Crippen molar-refractivity contribution in [3.8, 4) is 0 Å². The van der Waals surface area contributed by atoms with Crippen molar-refractivity contribution in [1.82, 2.24) is 25.2 Å². The summed E-state index contributed by atoms with van der Waals surface area (Å²) in [6, 6.07) is 7.30. The lowest BCUT2D eigenvalue weighted by molar-refractivity contribution is -0.0106. The Labute approximate surface area is 216 Å². The van der Waals surface area contributed by atoms with E-state index in [4.69, 9.17) is 4.52 Å². The lowest BCUT2D eigenvalue weighted by Crippen LogP contribution is -2.38. The molecule has 1 saturated carbocycles. The molecule has 1 amide bonds. The lowest BCUT2D eigenvalue weighted by atomic mass is 9.78. The molecule has 1 N–H and O–H groups in total. The van der Waals surface area contributed by atoms with Crippen LogP contribution in [-0.4, -0.2) is 51.4 Å². The molecule has 200 valence electrons. The number of amides is 1. The summed E-state index contributed by atoms with van der Waals surface area (Å²) >= 11 is 0. The molecule has 1 aliphatic heterocycles. The summed E-state index contributed by atoms with van der Waals surface area (Å²) in [6.45, 7) is 7.81. The van der Waals surface area contributed by atoms with E-state index >= 15 is 0 Å². The summed E-state index contributed by atoms with van der Waals surface area (Å²) in [7, 11) is 1.87. The summed E-state index contributed by atoms with van der Waals surface area (Å²) in [4.78, 5) is 15.4. The Kier molecular flexibility index (Phi) is 6.85. The molecule has 7 nitrogen and oxygen atoms in total. The molecular weight excluding hydrogens is 476 g/mol. The molecule has 2 atom stereocenters. The fourth-order valence-corrected chi connectivity index (χ4v) is 6.11. The van der Waals surface area contributed by atoms with E-state index in [9.17, 15) is 13.6 Å². The first-order chi connectivity index (χ1) is 17.5. The second-order valence-electron chi connectivity index (χ2n) is 11.5. The lowest BCUT2D eigenvalue weighted by Gasteiger charge is -2.30. The topological polar surface area (TPSA) is 76.2 Å². The fourth-order valence-electron chi connectivity index (χ4n) is 6.11. The van der Waals surface area contributed by atoms with Gasteiger partial charge in [0.1, 0.15) is 0 Å². The summed E-state index contributed by atoms with van der Waals surface area (Å²) in [5.74, 6) is -2.48. The predicted octanol–water partition coefficient (Wildman–Crippen LogP) is 5.26. The van der Waals surface area contributed by atoms with Gasteiger partial charge in [0.25, 0.3) is 5.91 Å². The first kappa shape index (κ1) is 25.8. The summed E-state index contributed by atoms with van der Waals surface area (Å²) < 4.78 is 34.0. The fraction of sp³-hybridized carbons (Fsp3) is 0.607. The number of likely N-dealkylation sites (tertiary alicyclic amines) is 1. The van der Waals surface area contributed by atoms with Crippen LogP contribution in [0.5, 0.6) is 0 Å². The molecule has 1 aromatic carbocycles. The maximum atomic E-state index is 13.7. The van der Waals surface area contributed by atoms with Gasteiger partial charge in [0, 0.05) is 56.2 Å². The van der Waals surface area contributed by atoms with E-state index in [-0.39, 0.29) is 23.1 Å². The molecule has 0 unspecified atom stereocenters. The van der Waals surface area contributed by atoms with Crippen LogP contribution in [-0.2, 0) is 18.4 Å². The third-order valence-electron chi connectivity index (χ3n) is 8.64. The normalized spacial score (nSPS) is 27.1. The second-order valence-corrected chi connectivity index (χ2v) is 11.5. The molecule has 1 saturated heterocycles. The zero-order valence-corrected chi connectivity index (χ0v) is 22.1. The summed E-state index contributed by atoms with van der Waals surface area (Å²) in [5.41, 5.74) is 1.84. The number of nitrogens with one attached hydrogen (secondary N) is 1. The SMILES string of the molecule is C[C@H]1CN(CC[C@H]2CC[C@H](NC(=O)c3cccc4nn(C)cc34)CC2)C[C@]1(C)c1cc(C(C)(F)F)on1. The molecule has 0 spiro atoms. The Morgan fingerprint density at radius 3 is 2.73 bits per heavy atom. The van der Waals surface area contributed by atoms with Crippen molar-refractivity contribution in [3.63, 3.8) is 0 Å². The van der Waals surface area contributed by atoms with Crippen molar-refractivity contribution >= 4 is 16.8 Å². The molecule has 2 aliphatic rings. The maximum Gasteiger partial charge on any atom is 0.304 e. The van der Waals surface area contributed by atoms with Crippen molar-refractivity contribution in [2.24, 2.45) is 18.9 Å². The quantitative estimate of drug-likeness (QED) is 0.466.